The highest BCUT2D eigenvalue weighted by Crippen LogP contribution is 2.31. The van der Waals surface area contributed by atoms with Crippen LogP contribution >= 0.6 is 0 Å². The van der Waals surface area contributed by atoms with Gasteiger partial charge in [0, 0.05) is 12.6 Å². The zero-order valence-corrected chi connectivity index (χ0v) is 12.4. The van der Waals surface area contributed by atoms with Crippen LogP contribution in [0.25, 0.3) is 0 Å². The number of benzene rings is 1. The standard InChI is InChI=1S/C14H21NO3S/c1-10-8-11(2)12(3)15(9-10)19(17,18)14-6-4-13(16)5-7-14/h4-7,10-12,16H,8-9H2,1-3H3. The summed E-state index contributed by atoms with van der Waals surface area (Å²) < 4.78 is 26.9. The topological polar surface area (TPSA) is 57.6 Å². The van der Waals surface area contributed by atoms with Crippen molar-refractivity contribution in [1.82, 2.24) is 4.31 Å². The highest BCUT2D eigenvalue weighted by atomic mass is 32.2. The maximum atomic E-state index is 12.6. The van der Waals surface area contributed by atoms with E-state index in [-0.39, 0.29) is 16.7 Å². The first-order valence-electron chi connectivity index (χ1n) is 6.63. The third kappa shape index (κ3) is 2.77. The van der Waals surface area contributed by atoms with E-state index < -0.39 is 10.0 Å². The molecular weight excluding hydrogens is 262 g/mol. The van der Waals surface area contributed by atoms with Gasteiger partial charge in [-0.1, -0.05) is 13.8 Å². The van der Waals surface area contributed by atoms with Crippen LogP contribution in [0.3, 0.4) is 0 Å². The molecule has 0 spiro atoms. The first-order chi connectivity index (χ1) is 8.82. The quantitative estimate of drug-likeness (QED) is 0.907. The normalized spacial score (nSPS) is 29.3. The number of sulfonamides is 1. The fraction of sp³-hybridized carbons (Fsp3) is 0.571. The van der Waals surface area contributed by atoms with E-state index in [1.54, 1.807) is 4.31 Å². The third-order valence-corrected chi connectivity index (χ3v) is 5.95. The SMILES string of the molecule is CC1CC(C)C(C)N(S(=O)(=O)c2ccc(O)cc2)C1. The molecule has 1 aromatic carbocycles. The van der Waals surface area contributed by atoms with Crippen LogP contribution in [0.2, 0.25) is 0 Å². The first-order valence-corrected chi connectivity index (χ1v) is 8.07. The zero-order chi connectivity index (χ0) is 14.2. The van der Waals surface area contributed by atoms with Crippen molar-refractivity contribution in [3.8, 4) is 5.75 Å². The number of nitrogens with zero attached hydrogens (tertiary/aromatic N) is 1. The third-order valence-electron chi connectivity index (χ3n) is 3.99. The van der Waals surface area contributed by atoms with Gasteiger partial charge in [0.2, 0.25) is 10.0 Å². The van der Waals surface area contributed by atoms with E-state index in [0.29, 0.717) is 18.4 Å². The van der Waals surface area contributed by atoms with Crippen LogP contribution in [-0.4, -0.2) is 30.4 Å². The molecule has 0 bridgehead atoms. The molecule has 0 aliphatic carbocycles. The molecule has 5 heteroatoms. The maximum Gasteiger partial charge on any atom is 0.243 e. The van der Waals surface area contributed by atoms with Crippen molar-refractivity contribution in [2.45, 2.75) is 38.1 Å². The van der Waals surface area contributed by atoms with Crippen molar-refractivity contribution >= 4 is 10.0 Å². The predicted molar refractivity (Wildman–Crippen MR) is 74.4 cm³/mol. The van der Waals surface area contributed by atoms with Crippen LogP contribution in [0.4, 0.5) is 0 Å². The average Bonchev–Trinajstić information content (AvgIpc) is 2.34. The Morgan fingerprint density at radius 3 is 2.32 bits per heavy atom. The molecule has 19 heavy (non-hydrogen) atoms. The summed E-state index contributed by atoms with van der Waals surface area (Å²) in [4.78, 5) is 0.249. The van der Waals surface area contributed by atoms with E-state index in [4.69, 9.17) is 0 Å². The van der Waals surface area contributed by atoms with Crippen LogP contribution < -0.4 is 0 Å². The lowest BCUT2D eigenvalue weighted by Crippen LogP contribution is -2.48. The summed E-state index contributed by atoms with van der Waals surface area (Å²) in [6.45, 7) is 6.71. The number of hydrogen-bond acceptors (Lipinski definition) is 3. The number of rotatable bonds is 2. The number of piperidine rings is 1. The van der Waals surface area contributed by atoms with Gasteiger partial charge in [-0.15, -0.1) is 0 Å². The Morgan fingerprint density at radius 1 is 1.16 bits per heavy atom. The van der Waals surface area contributed by atoms with Gasteiger partial charge in [0.05, 0.1) is 4.90 Å². The zero-order valence-electron chi connectivity index (χ0n) is 11.6. The van der Waals surface area contributed by atoms with Gasteiger partial charge in [-0.3, -0.25) is 0 Å². The van der Waals surface area contributed by atoms with Gasteiger partial charge in [0.25, 0.3) is 0 Å². The minimum Gasteiger partial charge on any atom is -0.508 e. The van der Waals surface area contributed by atoms with Crippen molar-refractivity contribution < 1.29 is 13.5 Å². The molecule has 0 saturated carbocycles. The highest BCUT2D eigenvalue weighted by molar-refractivity contribution is 7.89. The Balaban J connectivity index is 2.35. The molecule has 1 saturated heterocycles. The van der Waals surface area contributed by atoms with E-state index in [1.165, 1.54) is 24.3 Å². The lowest BCUT2D eigenvalue weighted by molar-refractivity contribution is 0.157. The Kier molecular flexibility index (Phi) is 3.87. The number of aromatic hydroxyl groups is 1. The molecule has 1 fully saturated rings. The molecule has 1 N–H and O–H groups in total. The minimum absolute atomic E-state index is 0.00926. The van der Waals surface area contributed by atoms with Crippen molar-refractivity contribution in [3.63, 3.8) is 0 Å². The lowest BCUT2D eigenvalue weighted by Gasteiger charge is -2.39. The van der Waals surface area contributed by atoms with Crippen LogP contribution in [0.5, 0.6) is 5.75 Å². The summed E-state index contributed by atoms with van der Waals surface area (Å²) in [6.07, 6.45) is 1.06. The Bertz CT molecular complexity index is 538. The van der Waals surface area contributed by atoms with Crippen molar-refractivity contribution in [1.29, 1.82) is 0 Å². The molecule has 0 radical (unpaired) electrons. The van der Waals surface area contributed by atoms with Crippen molar-refractivity contribution in [3.05, 3.63) is 24.3 Å². The van der Waals surface area contributed by atoms with E-state index >= 15 is 0 Å². The number of phenolic OH excluding ortho intramolecular Hbond substituents is 1. The fourth-order valence-corrected chi connectivity index (χ4v) is 4.58. The molecule has 1 aromatic rings. The summed E-state index contributed by atoms with van der Waals surface area (Å²) >= 11 is 0. The number of hydrogen-bond donors (Lipinski definition) is 1. The van der Waals surface area contributed by atoms with E-state index in [1.807, 2.05) is 6.92 Å². The van der Waals surface area contributed by atoms with Gasteiger partial charge in [-0.05, 0) is 49.4 Å². The van der Waals surface area contributed by atoms with Gasteiger partial charge in [-0.2, -0.15) is 4.31 Å². The summed E-state index contributed by atoms with van der Waals surface area (Å²) in [7, 11) is -3.47. The van der Waals surface area contributed by atoms with E-state index in [9.17, 15) is 13.5 Å². The predicted octanol–water partition coefficient (Wildman–Crippen LogP) is 2.45. The average molecular weight is 283 g/mol. The summed E-state index contributed by atoms with van der Waals surface area (Å²) in [5, 5.41) is 9.26. The molecule has 1 aliphatic rings. The summed E-state index contributed by atoms with van der Waals surface area (Å²) in [5.74, 6) is 0.807. The molecule has 4 nitrogen and oxygen atoms in total. The monoisotopic (exact) mass is 283 g/mol. The molecule has 0 amide bonds. The Morgan fingerprint density at radius 2 is 1.74 bits per heavy atom. The lowest BCUT2D eigenvalue weighted by atomic mass is 9.88. The minimum atomic E-state index is -3.47. The van der Waals surface area contributed by atoms with E-state index in [2.05, 4.69) is 13.8 Å². The molecule has 1 aliphatic heterocycles. The maximum absolute atomic E-state index is 12.6. The molecular formula is C14H21NO3S. The first kappa shape index (κ1) is 14.3. The molecule has 3 unspecified atom stereocenters. The molecule has 2 rings (SSSR count). The highest BCUT2D eigenvalue weighted by Gasteiger charge is 2.37. The van der Waals surface area contributed by atoms with Gasteiger partial charge < -0.3 is 5.11 Å². The van der Waals surface area contributed by atoms with Crippen LogP contribution in [-0.2, 0) is 10.0 Å². The van der Waals surface area contributed by atoms with Gasteiger partial charge >= 0.3 is 0 Å². The Labute approximate surface area is 115 Å². The Hall–Kier alpha value is -1.07. The van der Waals surface area contributed by atoms with Gasteiger partial charge in [0.15, 0.2) is 0 Å². The summed E-state index contributed by atoms with van der Waals surface area (Å²) in [6, 6.07) is 5.75. The largest absolute Gasteiger partial charge is 0.508 e. The molecule has 1 heterocycles. The van der Waals surface area contributed by atoms with Crippen molar-refractivity contribution in [2.75, 3.05) is 6.54 Å². The second kappa shape index (κ2) is 5.13. The van der Waals surface area contributed by atoms with Crippen LogP contribution in [0, 0.1) is 11.8 Å². The van der Waals surface area contributed by atoms with Gasteiger partial charge in [0.1, 0.15) is 5.75 Å². The molecule has 106 valence electrons. The fourth-order valence-electron chi connectivity index (χ4n) is 2.73. The van der Waals surface area contributed by atoms with Crippen molar-refractivity contribution in [2.24, 2.45) is 11.8 Å². The van der Waals surface area contributed by atoms with Crippen LogP contribution in [0.1, 0.15) is 27.2 Å². The van der Waals surface area contributed by atoms with E-state index in [0.717, 1.165) is 6.42 Å². The second-order valence-electron chi connectivity index (χ2n) is 5.63. The molecule has 0 aromatic heterocycles. The van der Waals surface area contributed by atoms with Gasteiger partial charge in [-0.25, -0.2) is 8.42 Å². The summed E-state index contributed by atoms with van der Waals surface area (Å²) in [5.41, 5.74) is 0. The smallest absolute Gasteiger partial charge is 0.243 e. The number of phenols is 1. The van der Waals surface area contributed by atoms with Crippen LogP contribution in [0.15, 0.2) is 29.2 Å². The molecule has 3 atom stereocenters. The second-order valence-corrected chi connectivity index (χ2v) is 7.52.